The van der Waals surface area contributed by atoms with E-state index in [1.165, 1.54) is 0 Å². The molecule has 1 unspecified atom stereocenters. The zero-order valence-corrected chi connectivity index (χ0v) is 10.5. The second kappa shape index (κ2) is 6.69. The largest absolute Gasteiger partial charge is 0.312 e. The molecule has 0 rings (SSSR count). The lowest BCUT2D eigenvalue weighted by Gasteiger charge is -2.20. The van der Waals surface area contributed by atoms with Crippen LogP contribution in [0.15, 0.2) is 11.8 Å². The maximum atomic E-state index is 6.27. The van der Waals surface area contributed by atoms with E-state index < -0.39 is 8.27 Å². The van der Waals surface area contributed by atoms with Gasteiger partial charge in [0.25, 0.3) is 0 Å². The molecule has 3 heteroatoms. The van der Waals surface area contributed by atoms with Crippen molar-refractivity contribution in [3.8, 4) is 0 Å². The number of rotatable bonds is 5. The molecule has 0 aromatic rings. The Kier molecular flexibility index (Phi) is 6.81. The first-order valence-electron chi connectivity index (χ1n) is 4.68. The van der Waals surface area contributed by atoms with Gasteiger partial charge < -0.3 is 4.57 Å². The molecule has 72 valence electrons. The van der Waals surface area contributed by atoms with Crippen molar-refractivity contribution in [2.75, 3.05) is 13.1 Å². The van der Waals surface area contributed by atoms with E-state index in [9.17, 15) is 0 Å². The van der Waals surface area contributed by atoms with Crippen molar-refractivity contribution >= 4 is 19.3 Å². The third kappa shape index (κ3) is 4.96. The van der Waals surface area contributed by atoms with Gasteiger partial charge in [-0.2, -0.15) is 0 Å². The average molecular weight is 206 g/mol. The lowest BCUT2D eigenvalue weighted by atomic mass is 10.2. The first kappa shape index (κ1) is 12.2. The topological polar surface area (TPSA) is 3.24 Å². The molecule has 0 aliphatic rings. The van der Waals surface area contributed by atoms with Gasteiger partial charge in [-0.1, -0.05) is 39.5 Å². The second-order valence-electron chi connectivity index (χ2n) is 3.22. The Bertz CT molecular complexity index is 132. The van der Waals surface area contributed by atoms with Crippen molar-refractivity contribution in [2.24, 2.45) is 5.92 Å². The summed E-state index contributed by atoms with van der Waals surface area (Å²) in [6.45, 7) is 10.8. The highest BCUT2D eigenvalue weighted by molar-refractivity contribution is 7.08. The van der Waals surface area contributed by atoms with E-state index in [1.54, 1.807) is 0 Å². The molecule has 0 fully saturated rings. The Morgan fingerprint density at radius 1 is 1.33 bits per heavy atom. The zero-order chi connectivity index (χ0) is 9.56. The summed E-state index contributed by atoms with van der Waals surface area (Å²) in [7, 11) is -1.25. The molecule has 1 nitrogen and oxygen atoms in total. The van der Waals surface area contributed by atoms with Crippen LogP contribution in [-0.2, 0) is 0 Å². The normalized spacial score (nSPS) is 14.9. The third-order valence-electron chi connectivity index (χ3n) is 1.82. The first-order valence-corrected chi connectivity index (χ1v) is 7.61. The number of allylic oxidation sites excluding steroid dienone is 1. The maximum absolute atomic E-state index is 6.27. The molecule has 0 N–H and O–H groups in total. The van der Waals surface area contributed by atoms with Gasteiger partial charge in [-0.15, -0.1) is 11.1 Å². The van der Waals surface area contributed by atoms with Crippen LogP contribution in [0.5, 0.6) is 0 Å². The Labute approximate surface area is 82.8 Å². The molecule has 0 aliphatic carbocycles. The smallest absolute Gasteiger partial charge is 0.237 e. The van der Waals surface area contributed by atoms with Crippen LogP contribution in [0, 0.1) is 5.92 Å². The fourth-order valence-corrected chi connectivity index (χ4v) is 3.66. The highest BCUT2D eigenvalue weighted by atomic mass is 35.6. The Morgan fingerprint density at radius 2 is 1.83 bits per heavy atom. The molecule has 0 aliphatic heterocycles. The average Bonchev–Trinajstić information content (AvgIpc) is 2.03. The summed E-state index contributed by atoms with van der Waals surface area (Å²) in [6, 6.07) is 0. The van der Waals surface area contributed by atoms with Crippen molar-refractivity contribution in [2.45, 2.75) is 27.7 Å². The van der Waals surface area contributed by atoms with Crippen molar-refractivity contribution in [1.29, 1.82) is 0 Å². The summed E-state index contributed by atoms with van der Waals surface area (Å²) in [5.41, 5.74) is 2.21. The van der Waals surface area contributed by atoms with Gasteiger partial charge in [0.2, 0.25) is 8.27 Å². The number of nitrogens with zero attached hydrogens (tertiary/aromatic N) is 1. The van der Waals surface area contributed by atoms with Crippen LogP contribution in [0.1, 0.15) is 27.7 Å². The predicted molar refractivity (Wildman–Crippen MR) is 59.9 cm³/mol. The van der Waals surface area contributed by atoms with E-state index in [4.69, 9.17) is 11.1 Å². The highest BCUT2D eigenvalue weighted by Gasteiger charge is 2.10. The summed E-state index contributed by atoms with van der Waals surface area (Å²) >= 11 is 6.27. The molecule has 0 heterocycles. The maximum Gasteiger partial charge on any atom is 0.237 e. The fourth-order valence-electron chi connectivity index (χ4n) is 1.01. The molecular weight excluding hydrogens is 186 g/mol. The molecule has 1 atom stereocenters. The Morgan fingerprint density at radius 3 is 2.17 bits per heavy atom. The third-order valence-corrected chi connectivity index (χ3v) is 5.05. The van der Waals surface area contributed by atoms with Crippen LogP contribution in [0.25, 0.3) is 0 Å². The molecule has 0 aromatic heterocycles. The highest BCUT2D eigenvalue weighted by Crippen LogP contribution is 2.03. The molecule has 0 radical (unpaired) electrons. The van der Waals surface area contributed by atoms with Crippen molar-refractivity contribution in [3.63, 3.8) is 0 Å². The number of halogens is 1. The second-order valence-corrected chi connectivity index (χ2v) is 6.42. The summed E-state index contributed by atoms with van der Waals surface area (Å²) in [6.07, 6.45) is 2.21. The van der Waals surface area contributed by atoms with Gasteiger partial charge in [-0.25, -0.2) is 0 Å². The van der Waals surface area contributed by atoms with E-state index in [2.05, 4.69) is 44.0 Å². The SMILES string of the molecule is CCN(CC)[SiH](Cl)C=CC(C)C. The summed E-state index contributed by atoms with van der Waals surface area (Å²) in [5, 5.41) is 0. The molecule has 12 heavy (non-hydrogen) atoms. The fraction of sp³-hybridized carbons (Fsp3) is 0.778. The Hall–Kier alpha value is 0.207. The first-order chi connectivity index (χ1) is 5.61. The van der Waals surface area contributed by atoms with Crippen molar-refractivity contribution < 1.29 is 0 Å². The minimum atomic E-state index is -1.25. The van der Waals surface area contributed by atoms with Gasteiger partial charge >= 0.3 is 0 Å². The van der Waals surface area contributed by atoms with Gasteiger partial charge in [-0.3, -0.25) is 0 Å². The van der Waals surface area contributed by atoms with E-state index in [0.29, 0.717) is 5.92 Å². The molecule has 0 saturated carbocycles. The van der Waals surface area contributed by atoms with Crippen LogP contribution in [0.4, 0.5) is 0 Å². The minimum absolute atomic E-state index is 0.620. The molecule has 0 bridgehead atoms. The quantitative estimate of drug-likeness (QED) is 0.493. The van der Waals surface area contributed by atoms with Gasteiger partial charge in [0.1, 0.15) is 0 Å². The van der Waals surface area contributed by atoms with Crippen LogP contribution in [0.2, 0.25) is 0 Å². The van der Waals surface area contributed by atoms with Gasteiger partial charge in [0.05, 0.1) is 0 Å². The van der Waals surface area contributed by atoms with Crippen LogP contribution < -0.4 is 0 Å². The van der Waals surface area contributed by atoms with Crippen LogP contribution in [-0.4, -0.2) is 25.9 Å². The Balaban J connectivity index is 3.91. The standard InChI is InChI=1S/C9H20ClNSi/c1-5-11(6-2)12(10)8-7-9(3)4/h7-9,12H,5-6H2,1-4H3. The predicted octanol–water partition coefficient (Wildman–Crippen LogP) is 2.54. The van der Waals surface area contributed by atoms with E-state index >= 15 is 0 Å². The molecule has 0 aromatic carbocycles. The van der Waals surface area contributed by atoms with E-state index in [-0.39, 0.29) is 0 Å². The summed E-state index contributed by atoms with van der Waals surface area (Å²) in [5.74, 6) is 0.620. The van der Waals surface area contributed by atoms with Crippen molar-refractivity contribution in [3.05, 3.63) is 11.8 Å². The zero-order valence-electron chi connectivity index (χ0n) is 8.55. The van der Waals surface area contributed by atoms with Crippen LogP contribution >= 0.6 is 11.1 Å². The van der Waals surface area contributed by atoms with Gasteiger partial charge in [-0.05, 0) is 19.0 Å². The van der Waals surface area contributed by atoms with E-state index in [1.807, 2.05) is 0 Å². The lowest BCUT2D eigenvalue weighted by molar-refractivity contribution is 0.493. The lowest BCUT2D eigenvalue weighted by Crippen LogP contribution is -2.33. The van der Waals surface area contributed by atoms with Gasteiger partial charge in [0, 0.05) is 0 Å². The van der Waals surface area contributed by atoms with Crippen molar-refractivity contribution in [1.82, 2.24) is 4.57 Å². The minimum Gasteiger partial charge on any atom is -0.312 e. The monoisotopic (exact) mass is 205 g/mol. The number of hydrogen-bond acceptors (Lipinski definition) is 1. The number of hydrogen-bond donors (Lipinski definition) is 0. The summed E-state index contributed by atoms with van der Waals surface area (Å²) < 4.78 is 2.35. The molecule has 0 saturated heterocycles. The molecule has 0 amide bonds. The van der Waals surface area contributed by atoms with Crippen LogP contribution in [0.3, 0.4) is 0 Å². The molecular formula is C9H20ClNSi. The van der Waals surface area contributed by atoms with E-state index in [0.717, 1.165) is 13.1 Å². The van der Waals surface area contributed by atoms with Gasteiger partial charge in [0.15, 0.2) is 0 Å². The molecule has 0 spiro atoms. The summed E-state index contributed by atoms with van der Waals surface area (Å²) in [4.78, 5) is 0.